The van der Waals surface area contributed by atoms with Crippen LogP contribution in [0, 0.1) is 0 Å². The monoisotopic (exact) mass is 310 g/mol. The summed E-state index contributed by atoms with van der Waals surface area (Å²) in [6.07, 6.45) is 1.80. The number of benzene rings is 2. The molecule has 3 rings (SSSR count). The minimum atomic E-state index is -0.119. The molecule has 4 nitrogen and oxygen atoms in total. The summed E-state index contributed by atoms with van der Waals surface area (Å²) in [6, 6.07) is 12.7. The summed E-state index contributed by atoms with van der Waals surface area (Å²) < 4.78 is 16.5. The van der Waals surface area contributed by atoms with Crippen LogP contribution in [0.5, 0.6) is 17.2 Å². The van der Waals surface area contributed by atoms with E-state index in [9.17, 15) is 4.79 Å². The Morgan fingerprint density at radius 2 is 1.74 bits per heavy atom. The van der Waals surface area contributed by atoms with Gasteiger partial charge in [0.25, 0.3) is 0 Å². The second-order valence-electron chi connectivity index (χ2n) is 5.54. The Kier molecular flexibility index (Phi) is 4.06. The largest absolute Gasteiger partial charge is 0.497 e. The first kappa shape index (κ1) is 15.2. The van der Waals surface area contributed by atoms with Crippen LogP contribution in [0.4, 0.5) is 0 Å². The molecular weight excluding hydrogens is 292 g/mol. The predicted octanol–water partition coefficient (Wildman–Crippen LogP) is 4.10. The van der Waals surface area contributed by atoms with Crippen molar-refractivity contribution in [3.05, 3.63) is 59.4 Å². The van der Waals surface area contributed by atoms with Crippen LogP contribution in [0.15, 0.2) is 48.2 Å². The first-order valence-corrected chi connectivity index (χ1v) is 7.46. The van der Waals surface area contributed by atoms with E-state index in [1.54, 1.807) is 31.4 Å². The molecule has 23 heavy (non-hydrogen) atoms. The Morgan fingerprint density at radius 3 is 2.39 bits per heavy atom. The highest BCUT2D eigenvalue weighted by atomic mass is 16.5. The molecule has 0 N–H and O–H groups in total. The zero-order chi connectivity index (χ0) is 16.4. The van der Waals surface area contributed by atoms with Crippen molar-refractivity contribution in [3.8, 4) is 17.2 Å². The van der Waals surface area contributed by atoms with Crippen LogP contribution >= 0.6 is 0 Å². The lowest BCUT2D eigenvalue weighted by Gasteiger charge is -2.09. The van der Waals surface area contributed by atoms with Crippen molar-refractivity contribution < 1.29 is 19.0 Å². The molecule has 0 bridgehead atoms. The van der Waals surface area contributed by atoms with Crippen molar-refractivity contribution in [1.82, 2.24) is 0 Å². The molecule has 0 saturated heterocycles. The van der Waals surface area contributed by atoms with E-state index in [4.69, 9.17) is 14.2 Å². The van der Waals surface area contributed by atoms with Crippen LogP contribution in [0.25, 0.3) is 6.08 Å². The fourth-order valence-corrected chi connectivity index (χ4v) is 2.36. The van der Waals surface area contributed by atoms with Gasteiger partial charge in [0.1, 0.15) is 17.2 Å². The van der Waals surface area contributed by atoms with Crippen molar-refractivity contribution in [3.63, 3.8) is 0 Å². The third-order valence-electron chi connectivity index (χ3n) is 3.43. The number of rotatable bonds is 4. The highest BCUT2D eigenvalue weighted by Gasteiger charge is 2.27. The van der Waals surface area contributed by atoms with Crippen LogP contribution in [0.1, 0.15) is 29.8 Å². The molecule has 2 aromatic carbocycles. The highest BCUT2D eigenvalue weighted by Crippen LogP contribution is 2.35. The fraction of sp³-hybridized carbons (Fsp3) is 0.211. The zero-order valence-electron chi connectivity index (χ0n) is 13.3. The van der Waals surface area contributed by atoms with Crippen LogP contribution < -0.4 is 14.2 Å². The van der Waals surface area contributed by atoms with Crippen molar-refractivity contribution in [2.45, 2.75) is 20.0 Å². The lowest BCUT2D eigenvalue weighted by atomic mass is 10.1. The molecule has 1 aliphatic heterocycles. The van der Waals surface area contributed by atoms with E-state index in [2.05, 4.69) is 0 Å². The third kappa shape index (κ3) is 3.21. The topological polar surface area (TPSA) is 44.8 Å². The third-order valence-corrected chi connectivity index (χ3v) is 3.43. The molecule has 0 fully saturated rings. The number of ether oxygens (including phenoxy) is 3. The van der Waals surface area contributed by atoms with E-state index >= 15 is 0 Å². The van der Waals surface area contributed by atoms with Crippen molar-refractivity contribution in [2.24, 2.45) is 0 Å². The van der Waals surface area contributed by atoms with Crippen LogP contribution in [-0.4, -0.2) is 19.0 Å². The Labute approximate surface area is 135 Å². The first-order valence-electron chi connectivity index (χ1n) is 7.46. The summed E-state index contributed by atoms with van der Waals surface area (Å²) in [6.45, 7) is 3.91. The average Bonchev–Trinajstić information content (AvgIpc) is 2.83. The summed E-state index contributed by atoms with van der Waals surface area (Å²) in [4.78, 5) is 12.4. The second kappa shape index (κ2) is 6.16. The van der Waals surface area contributed by atoms with E-state index in [0.717, 1.165) is 11.3 Å². The average molecular weight is 310 g/mol. The molecule has 0 radical (unpaired) electrons. The lowest BCUT2D eigenvalue weighted by Crippen LogP contribution is -2.05. The zero-order valence-corrected chi connectivity index (χ0v) is 13.3. The Hall–Kier alpha value is -2.75. The molecule has 0 atom stereocenters. The van der Waals surface area contributed by atoms with Gasteiger partial charge in [-0.1, -0.05) is 12.1 Å². The van der Waals surface area contributed by atoms with Gasteiger partial charge in [0, 0.05) is 6.07 Å². The Morgan fingerprint density at radius 1 is 1.04 bits per heavy atom. The molecule has 0 aliphatic carbocycles. The number of ketones is 1. The SMILES string of the molecule is COc1ccc(C=C2Oc3cc(OC(C)C)ccc3C2=O)cc1. The molecule has 4 heteroatoms. The Bertz CT molecular complexity index is 757. The van der Waals surface area contributed by atoms with Crippen molar-refractivity contribution in [1.29, 1.82) is 0 Å². The lowest BCUT2D eigenvalue weighted by molar-refractivity contribution is 0.101. The predicted molar refractivity (Wildman–Crippen MR) is 88.1 cm³/mol. The van der Waals surface area contributed by atoms with Crippen LogP contribution in [0.2, 0.25) is 0 Å². The minimum absolute atomic E-state index is 0.0690. The number of fused-ring (bicyclic) bond motifs is 1. The smallest absolute Gasteiger partial charge is 0.231 e. The van der Waals surface area contributed by atoms with Gasteiger partial charge in [0.05, 0.1) is 18.8 Å². The maximum atomic E-state index is 12.4. The van der Waals surface area contributed by atoms with Gasteiger partial charge in [-0.05, 0) is 49.8 Å². The molecule has 0 spiro atoms. The van der Waals surface area contributed by atoms with E-state index in [0.29, 0.717) is 22.8 Å². The fourth-order valence-electron chi connectivity index (χ4n) is 2.36. The molecule has 2 aromatic rings. The molecule has 1 heterocycles. The van der Waals surface area contributed by atoms with Gasteiger partial charge in [-0.3, -0.25) is 4.79 Å². The van der Waals surface area contributed by atoms with Gasteiger partial charge < -0.3 is 14.2 Å². The highest BCUT2D eigenvalue weighted by molar-refractivity contribution is 6.14. The van der Waals surface area contributed by atoms with Crippen LogP contribution in [0.3, 0.4) is 0 Å². The normalized spacial score (nSPS) is 14.8. The molecule has 118 valence electrons. The summed E-state index contributed by atoms with van der Waals surface area (Å²) in [7, 11) is 1.62. The van der Waals surface area contributed by atoms with Gasteiger partial charge in [0.2, 0.25) is 5.78 Å². The second-order valence-corrected chi connectivity index (χ2v) is 5.54. The first-order chi connectivity index (χ1) is 11.1. The molecule has 0 saturated carbocycles. The van der Waals surface area contributed by atoms with Gasteiger partial charge in [-0.25, -0.2) is 0 Å². The van der Waals surface area contributed by atoms with E-state index in [-0.39, 0.29) is 11.9 Å². The molecular formula is C19H18O4. The number of hydrogen-bond donors (Lipinski definition) is 0. The molecule has 1 aliphatic rings. The van der Waals surface area contributed by atoms with Crippen molar-refractivity contribution >= 4 is 11.9 Å². The molecule has 0 aromatic heterocycles. The molecule has 0 amide bonds. The van der Waals surface area contributed by atoms with Gasteiger partial charge in [0.15, 0.2) is 5.76 Å². The van der Waals surface area contributed by atoms with E-state index in [1.165, 1.54) is 0 Å². The summed E-state index contributed by atoms with van der Waals surface area (Å²) in [5.74, 6) is 2.19. The summed E-state index contributed by atoms with van der Waals surface area (Å²) >= 11 is 0. The van der Waals surface area contributed by atoms with Gasteiger partial charge in [-0.2, -0.15) is 0 Å². The standard InChI is InChI=1S/C19H18O4/c1-12(2)22-15-8-9-16-17(11-15)23-18(19(16)20)10-13-4-6-14(21-3)7-5-13/h4-12H,1-3H3. The summed E-state index contributed by atoms with van der Waals surface area (Å²) in [5, 5.41) is 0. The number of Topliss-reactive ketones (excluding diaryl/α,β-unsaturated/α-hetero) is 1. The van der Waals surface area contributed by atoms with E-state index in [1.807, 2.05) is 38.1 Å². The Balaban J connectivity index is 1.85. The van der Waals surface area contributed by atoms with Crippen LogP contribution in [-0.2, 0) is 0 Å². The number of carbonyl (C=O) groups is 1. The maximum Gasteiger partial charge on any atom is 0.231 e. The quantitative estimate of drug-likeness (QED) is 0.798. The maximum absolute atomic E-state index is 12.4. The minimum Gasteiger partial charge on any atom is -0.497 e. The number of methoxy groups -OCH3 is 1. The van der Waals surface area contributed by atoms with E-state index < -0.39 is 0 Å². The number of allylic oxidation sites excluding steroid dienone is 1. The van der Waals surface area contributed by atoms with Crippen molar-refractivity contribution in [2.75, 3.05) is 7.11 Å². The number of hydrogen-bond acceptors (Lipinski definition) is 4. The summed E-state index contributed by atoms with van der Waals surface area (Å²) in [5.41, 5.74) is 1.43. The number of carbonyl (C=O) groups excluding carboxylic acids is 1. The van der Waals surface area contributed by atoms with Gasteiger partial charge in [-0.15, -0.1) is 0 Å². The van der Waals surface area contributed by atoms with Gasteiger partial charge >= 0.3 is 0 Å². The molecule has 0 unspecified atom stereocenters.